The minimum atomic E-state index is -0.303. The molecular formula is C10H18N2O2. The number of piperidine rings is 1. The molecule has 1 amide bonds. The lowest BCUT2D eigenvalue weighted by Crippen LogP contribution is -2.48. The molecular weight excluding hydrogens is 180 g/mol. The maximum absolute atomic E-state index is 11.9. The number of likely N-dealkylation sites (tertiary alicyclic amines) is 1. The average Bonchev–Trinajstić information content (AvgIpc) is 2.65. The number of nitrogens with zero attached hydrogens (tertiary/aromatic N) is 1. The third kappa shape index (κ3) is 2.07. The number of hydrogen-bond donors (Lipinski definition) is 2. The first-order chi connectivity index (χ1) is 6.77. The van der Waals surface area contributed by atoms with E-state index in [-0.39, 0.29) is 18.1 Å². The van der Waals surface area contributed by atoms with Gasteiger partial charge in [0.2, 0.25) is 5.91 Å². The first-order valence-corrected chi connectivity index (χ1v) is 5.47. The maximum Gasteiger partial charge on any atom is 0.239 e. The Balaban J connectivity index is 1.87. The Morgan fingerprint density at radius 2 is 2.21 bits per heavy atom. The molecule has 0 aliphatic carbocycles. The molecule has 2 rings (SSSR count). The van der Waals surface area contributed by atoms with Crippen molar-refractivity contribution in [3.05, 3.63) is 0 Å². The number of amides is 1. The van der Waals surface area contributed by atoms with Crippen molar-refractivity contribution in [2.45, 2.75) is 37.8 Å². The van der Waals surface area contributed by atoms with E-state index in [0.29, 0.717) is 6.54 Å². The Morgan fingerprint density at radius 3 is 2.79 bits per heavy atom. The van der Waals surface area contributed by atoms with Crippen molar-refractivity contribution >= 4 is 5.91 Å². The van der Waals surface area contributed by atoms with Gasteiger partial charge in [-0.05, 0) is 25.8 Å². The van der Waals surface area contributed by atoms with Gasteiger partial charge in [0.25, 0.3) is 0 Å². The van der Waals surface area contributed by atoms with Gasteiger partial charge in [-0.25, -0.2) is 0 Å². The zero-order chi connectivity index (χ0) is 9.97. The van der Waals surface area contributed by atoms with Gasteiger partial charge in [-0.1, -0.05) is 6.42 Å². The second-order valence-corrected chi connectivity index (χ2v) is 4.23. The lowest BCUT2D eigenvalue weighted by atomic mass is 10.0. The van der Waals surface area contributed by atoms with Crippen molar-refractivity contribution in [3.63, 3.8) is 0 Å². The summed E-state index contributed by atoms with van der Waals surface area (Å²) >= 11 is 0. The standard InChI is InChI=1S/C10H18N2O2/c13-8-4-6-12(7-8)10(14)9-3-1-2-5-11-9/h8-9,11,13H,1-7H2/t8-,9+/m1/s1. The number of carbonyl (C=O) groups is 1. The van der Waals surface area contributed by atoms with Crippen molar-refractivity contribution in [1.29, 1.82) is 0 Å². The zero-order valence-corrected chi connectivity index (χ0v) is 8.41. The summed E-state index contributed by atoms with van der Waals surface area (Å²) in [6.07, 6.45) is 3.69. The monoisotopic (exact) mass is 198 g/mol. The molecule has 2 aliphatic rings. The Kier molecular flexibility index (Phi) is 3.03. The molecule has 2 saturated heterocycles. The smallest absolute Gasteiger partial charge is 0.239 e. The minimum Gasteiger partial charge on any atom is -0.391 e. The molecule has 2 aliphatic heterocycles. The average molecular weight is 198 g/mol. The van der Waals surface area contributed by atoms with Crippen molar-refractivity contribution in [2.75, 3.05) is 19.6 Å². The SMILES string of the molecule is O=C([C@@H]1CCCCN1)N1CC[C@@H](O)C1. The third-order valence-electron chi connectivity index (χ3n) is 3.08. The van der Waals surface area contributed by atoms with Crippen LogP contribution < -0.4 is 5.32 Å². The second-order valence-electron chi connectivity index (χ2n) is 4.23. The predicted molar refractivity (Wildman–Crippen MR) is 52.8 cm³/mol. The Morgan fingerprint density at radius 1 is 1.36 bits per heavy atom. The fourth-order valence-electron chi connectivity index (χ4n) is 2.22. The van der Waals surface area contributed by atoms with Crippen LogP contribution in [0.4, 0.5) is 0 Å². The summed E-state index contributed by atoms with van der Waals surface area (Å²) in [4.78, 5) is 13.7. The first-order valence-electron chi connectivity index (χ1n) is 5.47. The maximum atomic E-state index is 11.9. The van der Waals surface area contributed by atoms with Crippen LogP contribution in [0.5, 0.6) is 0 Å². The highest BCUT2D eigenvalue weighted by Gasteiger charge is 2.30. The van der Waals surface area contributed by atoms with Crippen LogP contribution in [0.3, 0.4) is 0 Å². The number of carbonyl (C=O) groups excluding carboxylic acids is 1. The molecule has 0 aromatic rings. The van der Waals surface area contributed by atoms with Gasteiger partial charge in [0, 0.05) is 13.1 Å². The summed E-state index contributed by atoms with van der Waals surface area (Å²) in [6, 6.07) is 0.00838. The molecule has 2 N–H and O–H groups in total. The Labute approximate surface area is 84.3 Å². The van der Waals surface area contributed by atoms with Gasteiger partial charge in [0.15, 0.2) is 0 Å². The largest absolute Gasteiger partial charge is 0.391 e. The van der Waals surface area contributed by atoms with Crippen LogP contribution in [0, 0.1) is 0 Å². The predicted octanol–water partition coefficient (Wildman–Crippen LogP) is -0.278. The summed E-state index contributed by atoms with van der Waals surface area (Å²) in [7, 11) is 0. The van der Waals surface area contributed by atoms with E-state index >= 15 is 0 Å². The fraction of sp³-hybridized carbons (Fsp3) is 0.900. The molecule has 4 heteroatoms. The van der Waals surface area contributed by atoms with Gasteiger partial charge >= 0.3 is 0 Å². The van der Waals surface area contributed by atoms with Gasteiger partial charge in [0.1, 0.15) is 0 Å². The van der Waals surface area contributed by atoms with Crippen molar-refractivity contribution in [3.8, 4) is 0 Å². The number of aliphatic hydroxyl groups excluding tert-OH is 1. The van der Waals surface area contributed by atoms with E-state index in [9.17, 15) is 9.90 Å². The van der Waals surface area contributed by atoms with Gasteiger partial charge in [0.05, 0.1) is 12.1 Å². The quantitative estimate of drug-likeness (QED) is 0.609. The van der Waals surface area contributed by atoms with E-state index in [1.54, 1.807) is 4.90 Å². The molecule has 2 fully saturated rings. The molecule has 0 bridgehead atoms. The molecule has 0 aromatic carbocycles. The molecule has 14 heavy (non-hydrogen) atoms. The second kappa shape index (κ2) is 4.28. The lowest BCUT2D eigenvalue weighted by Gasteiger charge is -2.27. The molecule has 0 spiro atoms. The fourth-order valence-corrected chi connectivity index (χ4v) is 2.22. The molecule has 2 atom stereocenters. The highest BCUT2D eigenvalue weighted by molar-refractivity contribution is 5.82. The number of aliphatic hydroxyl groups is 1. The van der Waals surface area contributed by atoms with E-state index in [4.69, 9.17) is 0 Å². The summed E-state index contributed by atoms with van der Waals surface area (Å²) in [5.41, 5.74) is 0. The van der Waals surface area contributed by atoms with E-state index in [0.717, 1.165) is 32.4 Å². The Hall–Kier alpha value is -0.610. The van der Waals surface area contributed by atoms with Crippen molar-refractivity contribution in [2.24, 2.45) is 0 Å². The van der Waals surface area contributed by atoms with Crippen molar-refractivity contribution in [1.82, 2.24) is 10.2 Å². The molecule has 80 valence electrons. The summed E-state index contributed by atoms with van der Waals surface area (Å²) in [5.74, 6) is 0.182. The molecule has 4 nitrogen and oxygen atoms in total. The van der Waals surface area contributed by atoms with E-state index < -0.39 is 0 Å². The minimum absolute atomic E-state index is 0.00838. The molecule has 2 heterocycles. The van der Waals surface area contributed by atoms with Gasteiger partial charge < -0.3 is 15.3 Å². The summed E-state index contributed by atoms with van der Waals surface area (Å²) in [6.45, 7) is 2.20. The number of nitrogens with one attached hydrogen (secondary N) is 1. The zero-order valence-electron chi connectivity index (χ0n) is 8.41. The normalized spacial score (nSPS) is 33.4. The highest BCUT2D eigenvalue weighted by Crippen LogP contribution is 2.14. The van der Waals surface area contributed by atoms with Gasteiger partial charge in [-0.15, -0.1) is 0 Å². The van der Waals surface area contributed by atoms with Crippen LogP contribution in [-0.2, 0) is 4.79 Å². The number of hydrogen-bond acceptors (Lipinski definition) is 3. The lowest BCUT2D eigenvalue weighted by molar-refractivity contribution is -0.133. The van der Waals surface area contributed by atoms with Crippen molar-refractivity contribution < 1.29 is 9.90 Å². The van der Waals surface area contributed by atoms with E-state index in [2.05, 4.69) is 5.32 Å². The van der Waals surface area contributed by atoms with Crippen LogP contribution in [0.1, 0.15) is 25.7 Å². The number of β-amino-alcohol motifs (C(OH)–C–C–N with tert-alkyl or cyclic N) is 1. The first kappa shape index (κ1) is 9.93. The van der Waals surface area contributed by atoms with Crippen LogP contribution in [0.25, 0.3) is 0 Å². The Bertz CT molecular complexity index is 207. The molecule has 0 saturated carbocycles. The van der Waals surface area contributed by atoms with Gasteiger partial charge in [-0.2, -0.15) is 0 Å². The van der Waals surface area contributed by atoms with Crippen LogP contribution in [0.2, 0.25) is 0 Å². The van der Waals surface area contributed by atoms with Crippen LogP contribution in [0.15, 0.2) is 0 Å². The van der Waals surface area contributed by atoms with Crippen LogP contribution in [-0.4, -0.2) is 47.7 Å². The molecule has 0 radical (unpaired) electrons. The molecule has 0 aromatic heterocycles. The molecule has 0 unspecified atom stereocenters. The summed E-state index contributed by atoms with van der Waals surface area (Å²) in [5, 5.41) is 12.6. The van der Waals surface area contributed by atoms with Crippen LogP contribution >= 0.6 is 0 Å². The number of rotatable bonds is 1. The highest BCUT2D eigenvalue weighted by atomic mass is 16.3. The topological polar surface area (TPSA) is 52.6 Å². The summed E-state index contributed by atoms with van der Waals surface area (Å²) < 4.78 is 0. The van der Waals surface area contributed by atoms with E-state index in [1.807, 2.05) is 0 Å². The third-order valence-corrected chi connectivity index (χ3v) is 3.08. The van der Waals surface area contributed by atoms with E-state index in [1.165, 1.54) is 6.42 Å². The van der Waals surface area contributed by atoms with Gasteiger partial charge in [-0.3, -0.25) is 4.79 Å².